The zero-order valence-corrected chi connectivity index (χ0v) is 19.4. The molecule has 0 amide bonds. The summed E-state index contributed by atoms with van der Waals surface area (Å²) >= 11 is 0. The van der Waals surface area contributed by atoms with E-state index in [9.17, 15) is 19.4 Å². The molecule has 0 aliphatic heterocycles. The molecule has 0 saturated heterocycles. The van der Waals surface area contributed by atoms with E-state index >= 15 is 0 Å². The molecule has 6 heteroatoms. The van der Waals surface area contributed by atoms with Gasteiger partial charge in [0.25, 0.3) is 0 Å². The fourth-order valence-electron chi connectivity index (χ4n) is 3.51. The van der Waals surface area contributed by atoms with E-state index < -0.39 is 12.1 Å². The first-order chi connectivity index (χ1) is 13.9. The van der Waals surface area contributed by atoms with E-state index in [4.69, 9.17) is 0 Å². The molecule has 0 bridgehead atoms. The Morgan fingerprint density at radius 2 is 1.83 bits per heavy atom. The van der Waals surface area contributed by atoms with Crippen LogP contribution >= 0.6 is 0 Å². The fourth-order valence-corrected chi connectivity index (χ4v) is 3.51. The number of hydrogen-bond donors (Lipinski definition) is 1. The van der Waals surface area contributed by atoms with E-state index in [0.717, 1.165) is 33.8 Å². The van der Waals surface area contributed by atoms with Crippen LogP contribution in [0.1, 0.15) is 32.0 Å². The summed E-state index contributed by atoms with van der Waals surface area (Å²) in [5, 5.41) is 21.7. The molecule has 1 unspecified atom stereocenters. The fraction of sp³-hybridized carbons (Fsp3) is 0.208. The zero-order chi connectivity index (χ0) is 21.0. The van der Waals surface area contributed by atoms with Crippen molar-refractivity contribution >= 4 is 22.9 Å². The van der Waals surface area contributed by atoms with Gasteiger partial charge in [0.15, 0.2) is 0 Å². The number of aliphatic hydroxyl groups is 1. The van der Waals surface area contributed by atoms with E-state index in [0.29, 0.717) is 0 Å². The first-order valence-electron chi connectivity index (χ1n) is 9.51. The molecule has 1 N–H and O–H groups in total. The van der Waals surface area contributed by atoms with Crippen molar-refractivity contribution in [1.82, 2.24) is 4.57 Å². The standard InChI is InChI=1S/C24H24FNO3.Na/c1-16(2)26-21-8-4-3-7-20(21)24(17-10-12-18(25)13-11-17)22(26)15-14-19(27)6-5-9-23(28)29;/h3-5,7-16,19,27H,6H2,1-2H3,(H,28,29);/q;+1/p-1/b9-5+,15-14+;. The van der Waals surface area contributed by atoms with Crippen LogP contribution in [0.5, 0.6) is 0 Å². The summed E-state index contributed by atoms with van der Waals surface area (Å²) in [6.45, 7) is 4.16. The SMILES string of the molecule is CC(C)n1c(/C=C/C(O)C/C=C/C(=O)[O-])c(-c2ccc(F)cc2)c2ccccc21.[Na+]. The number of para-hydroxylation sites is 1. The number of aromatic nitrogens is 1. The van der Waals surface area contributed by atoms with Crippen molar-refractivity contribution in [3.05, 3.63) is 78.3 Å². The van der Waals surface area contributed by atoms with Gasteiger partial charge >= 0.3 is 29.6 Å². The van der Waals surface area contributed by atoms with Crippen molar-refractivity contribution in [2.75, 3.05) is 0 Å². The Morgan fingerprint density at radius 3 is 2.47 bits per heavy atom. The third-order valence-electron chi connectivity index (χ3n) is 4.71. The normalized spacial score (nSPS) is 12.7. The van der Waals surface area contributed by atoms with Gasteiger partial charge in [0.05, 0.1) is 12.1 Å². The van der Waals surface area contributed by atoms with Crippen LogP contribution in [-0.4, -0.2) is 21.7 Å². The summed E-state index contributed by atoms with van der Waals surface area (Å²) in [7, 11) is 0. The van der Waals surface area contributed by atoms with Crippen LogP contribution in [0.4, 0.5) is 4.39 Å². The summed E-state index contributed by atoms with van der Waals surface area (Å²) in [6.07, 6.45) is 5.08. The van der Waals surface area contributed by atoms with Crippen molar-refractivity contribution in [2.45, 2.75) is 32.4 Å². The molecule has 1 heterocycles. The second-order valence-electron chi connectivity index (χ2n) is 7.13. The molecule has 0 aliphatic carbocycles. The summed E-state index contributed by atoms with van der Waals surface area (Å²) in [6, 6.07) is 14.5. The predicted molar refractivity (Wildman–Crippen MR) is 112 cm³/mol. The van der Waals surface area contributed by atoms with Gasteiger partial charge in [0.2, 0.25) is 0 Å². The summed E-state index contributed by atoms with van der Waals surface area (Å²) in [4.78, 5) is 10.5. The molecule has 4 nitrogen and oxygen atoms in total. The molecule has 1 aromatic heterocycles. The van der Waals surface area contributed by atoms with Gasteiger partial charge in [-0.05, 0) is 56.2 Å². The third-order valence-corrected chi connectivity index (χ3v) is 4.71. The average Bonchev–Trinajstić information content (AvgIpc) is 3.01. The van der Waals surface area contributed by atoms with Gasteiger partial charge in [-0.1, -0.05) is 42.5 Å². The Bertz CT molecular complexity index is 1070. The van der Waals surface area contributed by atoms with Gasteiger partial charge in [0, 0.05) is 28.2 Å². The monoisotopic (exact) mass is 415 g/mol. The third kappa shape index (κ3) is 5.49. The molecule has 0 spiro atoms. The van der Waals surface area contributed by atoms with Gasteiger partial charge < -0.3 is 19.6 Å². The van der Waals surface area contributed by atoms with E-state index in [-0.39, 0.29) is 47.8 Å². The Morgan fingerprint density at radius 1 is 1.17 bits per heavy atom. The molecule has 1 atom stereocenters. The van der Waals surface area contributed by atoms with Crippen molar-refractivity contribution in [3.8, 4) is 11.1 Å². The maximum atomic E-state index is 13.5. The van der Waals surface area contributed by atoms with E-state index in [2.05, 4.69) is 18.4 Å². The number of carbonyl (C=O) groups is 1. The maximum absolute atomic E-state index is 13.5. The van der Waals surface area contributed by atoms with Gasteiger partial charge in [0.1, 0.15) is 5.82 Å². The minimum Gasteiger partial charge on any atom is -0.545 e. The molecule has 0 aliphatic rings. The van der Waals surface area contributed by atoms with Crippen LogP contribution in [-0.2, 0) is 4.79 Å². The number of rotatable bonds is 7. The average molecular weight is 415 g/mol. The molecule has 30 heavy (non-hydrogen) atoms. The van der Waals surface area contributed by atoms with Gasteiger partial charge in [-0.3, -0.25) is 0 Å². The van der Waals surface area contributed by atoms with Crippen LogP contribution in [0.3, 0.4) is 0 Å². The van der Waals surface area contributed by atoms with Crippen LogP contribution in [0.25, 0.3) is 28.1 Å². The largest absolute Gasteiger partial charge is 1.00 e. The molecule has 3 rings (SSSR count). The number of carboxylic acid groups (broad SMARTS) is 1. The van der Waals surface area contributed by atoms with Crippen LogP contribution in [0.2, 0.25) is 0 Å². The van der Waals surface area contributed by atoms with Gasteiger partial charge in [-0.15, -0.1) is 0 Å². The summed E-state index contributed by atoms with van der Waals surface area (Å²) in [5.74, 6) is -1.59. The molecule has 2 aromatic carbocycles. The van der Waals surface area contributed by atoms with E-state index in [1.807, 2.05) is 30.3 Å². The molecule has 0 saturated carbocycles. The Labute approximate surface area is 197 Å². The molecule has 0 fully saturated rings. The minimum atomic E-state index is -1.29. The number of fused-ring (bicyclic) bond motifs is 1. The summed E-state index contributed by atoms with van der Waals surface area (Å²) < 4.78 is 15.6. The number of aliphatic carboxylic acids is 1. The topological polar surface area (TPSA) is 65.3 Å². The maximum Gasteiger partial charge on any atom is 1.00 e. The Kier molecular flexibility index (Phi) is 8.62. The second-order valence-corrected chi connectivity index (χ2v) is 7.13. The Balaban J connectivity index is 0.00000320. The first kappa shape index (κ1) is 24.1. The molecule has 150 valence electrons. The number of benzene rings is 2. The number of hydrogen-bond acceptors (Lipinski definition) is 3. The summed E-state index contributed by atoms with van der Waals surface area (Å²) in [5.41, 5.74) is 3.79. The smallest absolute Gasteiger partial charge is 0.545 e. The minimum absolute atomic E-state index is 0. The zero-order valence-electron chi connectivity index (χ0n) is 17.4. The number of halogens is 1. The van der Waals surface area contributed by atoms with Crippen molar-refractivity contribution in [3.63, 3.8) is 0 Å². The number of carboxylic acids is 1. The first-order valence-corrected chi connectivity index (χ1v) is 9.51. The van der Waals surface area contributed by atoms with Crippen molar-refractivity contribution in [2.24, 2.45) is 0 Å². The second kappa shape index (κ2) is 10.7. The Hall–Kier alpha value is -2.18. The molecule has 0 radical (unpaired) electrons. The van der Waals surface area contributed by atoms with Crippen molar-refractivity contribution in [1.29, 1.82) is 0 Å². The van der Waals surface area contributed by atoms with Crippen LogP contribution < -0.4 is 34.7 Å². The van der Waals surface area contributed by atoms with Crippen LogP contribution in [0.15, 0.2) is 66.8 Å². The van der Waals surface area contributed by atoms with Crippen LogP contribution in [0, 0.1) is 5.82 Å². The van der Waals surface area contributed by atoms with Gasteiger partial charge in [-0.25, -0.2) is 4.39 Å². The van der Waals surface area contributed by atoms with Gasteiger partial charge in [-0.2, -0.15) is 0 Å². The number of aliphatic hydroxyl groups excluding tert-OH is 1. The molecule has 3 aromatic rings. The molecular formula is C24H23FNNaO3. The number of nitrogens with zero attached hydrogens (tertiary/aromatic N) is 1. The quantitative estimate of drug-likeness (QED) is 0.464. The predicted octanol–water partition coefficient (Wildman–Crippen LogP) is 1.10. The van der Waals surface area contributed by atoms with Crippen molar-refractivity contribution < 1.29 is 49.0 Å². The van der Waals surface area contributed by atoms with E-state index in [1.165, 1.54) is 18.2 Å². The molecular weight excluding hydrogens is 392 g/mol. The van der Waals surface area contributed by atoms with E-state index in [1.54, 1.807) is 18.2 Å². The number of carbonyl (C=O) groups excluding carboxylic acids is 1.